The molecular formula is C30H26F6N4O. The predicted molar refractivity (Wildman–Crippen MR) is 141 cm³/mol. The van der Waals surface area contributed by atoms with Crippen LogP contribution >= 0.6 is 0 Å². The molecule has 1 fully saturated rings. The van der Waals surface area contributed by atoms with Gasteiger partial charge in [-0.05, 0) is 59.7 Å². The van der Waals surface area contributed by atoms with E-state index in [0.717, 1.165) is 29.3 Å². The molecule has 0 spiro atoms. The van der Waals surface area contributed by atoms with Gasteiger partial charge in [0, 0.05) is 44.4 Å². The van der Waals surface area contributed by atoms with E-state index in [2.05, 4.69) is 19.8 Å². The molecule has 3 aromatic carbocycles. The molecule has 1 aliphatic heterocycles. The number of alkyl halides is 3. The highest BCUT2D eigenvalue weighted by molar-refractivity contribution is 5.55. The minimum Gasteiger partial charge on any atom is -0.476 e. The van der Waals surface area contributed by atoms with Gasteiger partial charge in [0.05, 0.1) is 6.04 Å². The summed E-state index contributed by atoms with van der Waals surface area (Å²) in [6.45, 7) is 3.15. The van der Waals surface area contributed by atoms with Crippen LogP contribution in [-0.2, 0) is 6.18 Å². The maximum atomic E-state index is 13.6. The lowest BCUT2D eigenvalue weighted by Crippen LogP contribution is -2.48. The van der Waals surface area contributed by atoms with Crippen LogP contribution in [0.5, 0.6) is 5.88 Å². The number of halogens is 6. The van der Waals surface area contributed by atoms with E-state index in [1.54, 1.807) is 24.3 Å². The smallest absolute Gasteiger partial charge is 0.433 e. The van der Waals surface area contributed by atoms with Crippen molar-refractivity contribution >= 4 is 0 Å². The molecule has 0 aliphatic carbocycles. The minimum absolute atomic E-state index is 0.0938. The fraction of sp³-hybridized carbons (Fsp3) is 0.267. The largest absolute Gasteiger partial charge is 0.476 e. The van der Waals surface area contributed by atoms with Crippen molar-refractivity contribution in [3.05, 3.63) is 113 Å². The average molecular weight is 573 g/mol. The van der Waals surface area contributed by atoms with E-state index in [9.17, 15) is 26.3 Å². The van der Waals surface area contributed by atoms with Gasteiger partial charge in [0.15, 0.2) is 11.5 Å². The number of benzene rings is 3. The molecule has 0 atom stereocenters. The fourth-order valence-corrected chi connectivity index (χ4v) is 4.80. The molecule has 1 saturated heterocycles. The van der Waals surface area contributed by atoms with E-state index in [1.165, 1.54) is 36.4 Å². The molecule has 5 nitrogen and oxygen atoms in total. The minimum atomic E-state index is -4.71. The molecule has 4 aromatic rings. The van der Waals surface area contributed by atoms with Crippen LogP contribution in [0.25, 0.3) is 11.4 Å². The second kappa shape index (κ2) is 12.3. The van der Waals surface area contributed by atoms with E-state index in [-0.39, 0.29) is 41.6 Å². The Morgan fingerprint density at radius 2 is 1.22 bits per heavy atom. The van der Waals surface area contributed by atoms with Gasteiger partial charge in [-0.15, -0.1) is 0 Å². The zero-order valence-electron chi connectivity index (χ0n) is 21.8. The van der Waals surface area contributed by atoms with Crippen LogP contribution < -0.4 is 4.74 Å². The first-order valence-electron chi connectivity index (χ1n) is 13.0. The summed E-state index contributed by atoms with van der Waals surface area (Å²) < 4.78 is 86.5. The van der Waals surface area contributed by atoms with Gasteiger partial charge >= 0.3 is 6.18 Å². The third kappa shape index (κ3) is 7.22. The van der Waals surface area contributed by atoms with Gasteiger partial charge in [-0.25, -0.2) is 18.2 Å². The molecule has 0 radical (unpaired) electrons. The van der Waals surface area contributed by atoms with Gasteiger partial charge in [0.25, 0.3) is 0 Å². The van der Waals surface area contributed by atoms with E-state index in [0.29, 0.717) is 32.7 Å². The van der Waals surface area contributed by atoms with Crippen LogP contribution in [0, 0.1) is 17.5 Å². The van der Waals surface area contributed by atoms with Gasteiger partial charge in [-0.2, -0.15) is 18.2 Å². The van der Waals surface area contributed by atoms with Crippen molar-refractivity contribution < 1.29 is 31.1 Å². The molecule has 0 amide bonds. The fourth-order valence-electron chi connectivity index (χ4n) is 4.80. The number of ether oxygens (including phenoxy) is 1. The van der Waals surface area contributed by atoms with Crippen molar-refractivity contribution in [1.29, 1.82) is 0 Å². The number of piperazine rings is 1. The van der Waals surface area contributed by atoms with E-state index in [1.807, 2.05) is 0 Å². The van der Waals surface area contributed by atoms with Crippen molar-refractivity contribution in [3.8, 4) is 17.3 Å². The Bertz CT molecular complexity index is 1390. The molecule has 5 rings (SSSR count). The Morgan fingerprint density at radius 1 is 0.707 bits per heavy atom. The van der Waals surface area contributed by atoms with Crippen molar-refractivity contribution in [2.24, 2.45) is 0 Å². The summed E-state index contributed by atoms with van der Waals surface area (Å²) in [7, 11) is 0. The van der Waals surface area contributed by atoms with Crippen LogP contribution in [0.2, 0.25) is 0 Å². The van der Waals surface area contributed by atoms with Crippen molar-refractivity contribution in [2.45, 2.75) is 12.2 Å². The second-order valence-corrected chi connectivity index (χ2v) is 9.65. The van der Waals surface area contributed by atoms with Gasteiger partial charge in [0.1, 0.15) is 24.1 Å². The first-order valence-corrected chi connectivity index (χ1v) is 13.0. The van der Waals surface area contributed by atoms with Gasteiger partial charge in [0.2, 0.25) is 5.88 Å². The Hall–Kier alpha value is -3.96. The lowest BCUT2D eigenvalue weighted by atomic mass is 9.96. The zero-order chi connectivity index (χ0) is 29.0. The Labute approximate surface area is 233 Å². The molecule has 214 valence electrons. The summed E-state index contributed by atoms with van der Waals surface area (Å²) in [6.07, 6.45) is -4.71. The summed E-state index contributed by atoms with van der Waals surface area (Å²) in [5.41, 5.74) is 0.852. The second-order valence-electron chi connectivity index (χ2n) is 9.65. The third-order valence-corrected chi connectivity index (χ3v) is 6.90. The number of hydrogen-bond acceptors (Lipinski definition) is 5. The van der Waals surface area contributed by atoms with Crippen molar-refractivity contribution in [3.63, 3.8) is 0 Å². The summed E-state index contributed by atoms with van der Waals surface area (Å²) in [5.74, 6) is -1.65. The molecule has 0 bridgehead atoms. The van der Waals surface area contributed by atoms with E-state index < -0.39 is 17.7 Å². The van der Waals surface area contributed by atoms with Crippen LogP contribution in [0.3, 0.4) is 0 Å². The molecule has 0 unspecified atom stereocenters. The average Bonchev–Trinajstić information content (AvgIpc) is 2.96. The lowest BCUT2D eigenvalue weighted by Gasteiger charge is -2.39. The first kappa shape index (κ1) is 28.6. The maximum Gasteiger partial charge on any atom is 0.433 e. The number of nitrogens with zero attached hydrogens (tertiary/aromatic N) is 4. The van der Waals surface area contributed by atoms with Crippen molar-refractivity contribution in [1.82, 2.24) is 19.8 Å². The molecule has 0 N–H and O–H groups in total. The Balaban J connectivity index is 1.23. The van der Waals surface area contributed by atoms with Crippen LogP contribution in [0.1, 0.15) is 22.9 Å². The quantitative estimate of drug-likeness (QED) is 0.230. The van der Waals surface area contributed by atoms with Gasteiger partial charge in [-0.1, -0.05) is 24.3 Å². The van der Waals surface area contributed by atoms with Crippen LogP contribution in [0.4, 0.5) is 26.3 Å². The zero-order valence-corrected chi connectivity index (χ0v) is 21.8. The highest BCUT2D eigenvalue weighted by atomic mass is 19.4. The molecule has 11 heteroatoms. The Morgan fingerprint density at radius 3 is 1.73 bits per heavy atom. The maximum absolute atomic E-state index is 13.6. The number of hydrogen-bond donors (Lipinski definition) is 0. The molecule has 1 aromatic heterocycles. The standard InChI is InChI=1S/C30H26F6N4O/c31-23-7-1-20(2-8-23)28(21-3-9-24(32)10-4-21)40-15-13-39(14-16-40)17-18-41-27-19-26(30(34,35)36)37-29(38-27)22-5-11-25(33)12-6-22/h1-12,19,28H,13-18H2. The molecule has 0 saturated carbocycles. The van der Waals surface area contributed by atoms with Gasteiger partial charge < -0.3 is 4.74 Å². The summed E-state index contributed by atoms with van der Waals surface area (Å²) >= 11 is 0. The van der Waals surface area contributed by atoms with Gasteiger partial charge in [-0.3, -0.25) is 9.80 Å². The summed E-state index contributed by atoms with van der Waals surface area (Å²) in [5, 5.41) is 0. The first-order chi connectivity index (χ1) is 19.7. The van der Waals surface area contributed by atoms with Crippen molar-refractivity contribution in [2.75, 3.05) is 39.3 Å². The van der Waals surface area contributed by atoms with E-state index in [4.69, 9.17) is 4.74 Å². The highest BCUT2D eigenvalue weighted by Crippen LogP contribution is 2.32. The third-order valence-electron chi connectivity index (χ3n) is 6.90. The summed E-state index contributed by atoms with van der Waals surface area (Å²) in [6, 6.07) is 17.9. The predicted octanol–water partition coefficient (Wildman–Crippen LogP) is 6.37. The number of rotatable bonds is 8. The topological polar surface area (TPSA) is 41.5 Å². The normalized spacial score (nSPS) is 14.9. The molecule has 1 aliphatic rings. The molecule has 2 heterocycles. The molecule has 41 heavy (non-hydrogen) atoms. The number of aromatic nitrogens is 2. The van der Waals surface area contributed by atoms with E-state index >= 15 is 0 Å². The molecular weight excluding hydrogens is 546 g/mol. The lowest BCUT2D eigenvalue weighted by molar-refractivity contribution is -0.141. The highest BCUT2D eigenvalue weighted by Gasteiger charge is 2.34. The van der Waals surface area contributed by atoms with Crippen LogP contribution in [-0.4, -0.2) is 59.1 Å². The monoisotopic (exact) mass is 572 g/mol. The van der Waals surface area contributed by atoms with Crippen LogP contribution in [0.15, 0.2) is 78.9 Å². The SMILES string of the molecule is Fc1ccc(-c2nc(OCCN3CCN(C(c4ccc(F)cc4)c4ccc(F)cc4)CC3)cc(C(F)(F)F)n2)cc1. The summed E-state index contributed by atoms with van der Waals surface area (Å²) in [4.78, 5) is 12.0. The Kier molecular flexibility index (Phi) is 8.55.